The van der Waals surface area contributed by atoms with Gasteiger partial charge in [-0.2, -0.15) is 0 Å². The highest BCUT2D eigenvalue weighted by molar-refractivity contribution is 6.05. The fourth-order valence-electron chi connectivity index (χ4n) is 3.36. The van der Waals surface area contributed by atoms with Crippen molar-refractivity contribution in [2.75, 3.05) is 17.7 Å². The van der Waals surface area contributed by atoms with E-state index in [1.54, 1.807) is 30.3 Å². The van der Waals surface area contributed by atoms with Gasteiger partial charge < -0.3 is 19.8 Å². The molecule has 3 aromatic carbocycles. The average Bonchev–Trinajstić information content (AvgIpc) is 3.32. The smallest absolute Gasteiger partial charge is 0.255 e. The normalized spacial score (nSPS) is 10.6. The van der Waals surface area contributed by atoms with Gasteiger partial charge in [0.1, 0.15) is 17.4 Å². The van der Waals surface area contributed by atoms with Gasteiger partial charge in [-0.15, -0.1) is 0 Å². The van der Waals surface area contributed by atoms with E-state index in [0.717, 1.165) is 6.07 Å². The molecule has 1 heterocycles. The number of oxazole rings is 1. The lowest BCUT2D eigenvalue weighted by Gasteiger charge is -2.13. The van der Waals surface area contributed by atoms with Crippen molar-refractivity contribution in [2.45, 2.75) is 12.8 Å². The summed E-state index contributed by atoms with van der Waals surface area (Å²) in [6, 6.07) is 16.2. The first-order valence-electron chi connectivity index (χ1n) is 10.7. The standard InChI is InChI=1S/C26H21F2N3O4/c1-34-22-10-9-18(14-21(22)31-26(33)16-5-4-6-17(27)13-16)30-24(32)11-12-25-29-15-23(35-25)19-7-2-3-8-20(19)28/h2-10,13-15H,11-12H2,1H3,(H,30,32)(H,31,33). The van der Waals surface area contributed by atoms with Gasteiger partial charge in [-0.3, -0.25) is 9.59 Å². The van der Waals surface area contributed by atoms with Crippen LogP contribution >= 0.6 is 0 Å². The maximum absolute atomic E-state index is 13.9. The number of aryl methyl sites for hydroxylation is 1. The van der Waals surface area contributed by atoms with Crippen LogP contribution in [-0.4, -0.2) is 23.9 Å². The molecule has 0 spiro atoms. The first-order chi connectivity index (χ1) is 16.9. The van der Waals surface area contributed by atoms with E-state index in [1.165, 1.54) is 43.6 Å². The Kier molecular flexibility index (Phi) is 7.15. The van der Waals surface area contributed by atoms with Crippen LogP contribution in [0.15, 0.2) is 77.3 Å². The van der Waals surface area contributed by atoms with Crippen LogP contribution in [0.5, 0.6) is 5.75 Å². The highest BCUT2D eigenvalue weighted by atomic mass is 19.1. The van der Waals surface area contributed by atoms with Crippen LogP contribution in [0.1, 0.15) is 22.7 Å². The molecular formula is C26H21F2N3O4. The Morgan fingerprint density at radius 1 is 1.00 bits per heavy atom. The van der Waals surface area contributed by atoms with E-state index in [9.17, 15) is 18.4 Å². The Labute approximate surface area is 199 Å². The summed E-state index contributed by atoms with van der Waals surface area (Å²) in [7, 11) is 1.44. The number of methoxy groups -OCH3 is 1. The minimum atomic E-state index is -0.530. The zero-order valence-corrected chi connectivity index (χ0v) is 18.7. The van der Waals surface area contributed by atoms with Gasteiger partial charge in [0, 0.05) is 24.1 Å². The zero-order valence-electron chi connectivity index (χ0n) is 18.7. The number of carbonyl (C=O) groups excluding carboxylic acids is 2. The van der Waals surface area contributed by atoms with E-state index in [-0.39, 0.29) is 30.1 Å². The minimum Gasteiger partial charge on any atom is -0.495 e. The Hall–Kier alpha value is -4.53. The first kappa shape index (κ1) is 23.6. The molecule has 4 rings (SSSR count). The number of halogens is 2. The van der Waals surface area contributed by atoms with Gasteiger partial charge in [0.2, 0.25) is 5.91 Å². The number of aromatic nitrogens is 1. The second kappa shape index (κ2) is 10.6. The number of amides is 2. The van der Waals surface area contributed by atoms with Gasteiger partial charge in [0.25, 0.3) is 5.91 Å². The van der Waals surface area contributed by atoms with Gasteiger partial charge in [0.05, 0.1) is 24.6 Å². The Morgan fingerprint density at radius 3 is 2.60 bits per heavy atom. The van der Waals surface area contributed by atoms with E-state index in [4.69, 9.17) is 9.15 Å². The molecule has 2 N–H and O–H groups in total. The van der Waals surface area contributed by atoms with E-state index < -0.39 is 17.5 Å². The summed E-state index contributed by atoms with van der Waals surface area (Å²) in [6.07, 6.45) is 1.69. The van der Waals surface area contributed by atoms with Crippen molar-refractivity contribution in [3.8, 4) is 17.1 Å². The van der Waals surface area contributed by atoms with Crippen molar-refractivity contribution in [1.29, 1.82) is 0 Å². The summed E-state index contributed by atoms with van der Waals surface area (Å²) in [6.45, 7) is 0. The third-order valence-electron chi connectivity index (χ3n) is 5.08. The third-order valence-corrected chi connectivity index (χ3v) is 5.08. The molecule has 0 saturated carbocycles. The Bertz CT molecular complexity index is 1370. The average molecular weight is 477 g/mol. The van der Waals surface area contributed by atoms with Crippen LogP contribution in [0, 0.1) is 11.6 Å². The van der Waals surface area contributed by atoms with Gasteiger partial charge in [0.15, 0.2) is 11.7 Å². The molecule has 7 nitrogen and oxygen atoms in total. The van der Waals surface area contributed by atoms with Crippen LogP contribution in [0.3, 0.4) is 0 Å². The molecule has 35 heavy (non-hydrogen) atoms. The second-order valence-electron chi connectivity index (χ2n) is 7.53. The summed E-state index contributed by atoms with van der Waals surface area (Å²) >= 11 is 0. The van der Waals surface area contributed by atoms with Crippen LogP contribution in [0.2, 0.25) is 0 Å². The molecule has 9 heteroatoms. The monoisotopic (exact) mass is 477 g/mol. The van der Waals surface area contributed by atoms with Crippen molar-refractivity contribution < 1.29 is 27.5 Å². The number of ether oxygens (including phenoxy) is 1. The second-order valence-corrected chi connectivity index (χ2v) is 7.53. The molecule has 178 valence electrons. The SMILES string of the molecule is COc1ccc(NC(=O)CCc2ncc(-c3ccccc3F)o2)cc1NC(=O)c1cccc(F)c1. The zero-order chi connectivity index (χ0) is 24.8. The molecule has 0 atom stereocenters. The lowest BCUT2D eigenvalue weighted by atomic mass is 10.2. The van der Waals surface area contributed by atoms with E-state index in [1.807, 2.05) is 0 Å². The van der Waals surface area contributed by atoms with Gasteiger partial charge in [-0.25, -0.2) is 13.8 Å². The van der Waals surface area contributed by atoms with Gasteiger partial charge >= 0.3 is 0 Å². The molecule has 0 bridgehead atoms. The van der Waals surface area contributed by atoms with Crippen molar-refractivity contribution >= 4 is 23.2 Å². The fraction of sp³-hybridized carbons (Fsp3) is 0.115. The van der Waals surface area contributed by atoms with Gasteiger partial charge in [-0.05, 0) is 48.5 Å². The maximum atomic E-state index is 13.9. The molecule has 0 unspecified atom stereocenters. The van der Waals surface area contributed by atoms with Crippen LogP contribution < -0.4 is 15.4 Å². The molecule has 4 aromatic rings. The Morgan fingerprint density at radius 2 is 1.83 bits per heavy atom. The number of hydrogen-bond acceptors (Lipinski definition) is 5. The molecule has 0 aliphatic carbocycles. The largest absolute Gasteiger partial charge is 0.495 e. The number of anilines is 2. The molecule has 0 aliphatic heterocycles. The molecule has 1 aromatic heterocycles. The lowest BCUT2D eigenvalue weighted by molar-refractivity contribution is -0.116. The summed E-state index contributed by atoms with van der Waals surface area (Å²) in [4.78, 5) is 29.1. The van der Waals surface area contributed by atoms with Crippen LogP contribution in [0.4, 0.5) is 20.2 Å². The quantitative estimate of drug-likeness (QED) is 0.352. The summed E-state index contributed by atoms with van der Waals surface area (Å²) in [5.74, 6) is -0.841. The summed E-state index contributed by atoms with van der Waals surface area (Å²) in [5, 5.41) is 5.40. The number of benzene rings is 3. The van der Waals surface area contributed by atoms with Crippen molar-refractivity contribution in [3.63, 3.8) is 0 Å². The summed E-state index contributed by atoms with van der Waals surface area (Å²) < 4.78 is 38.2. The number of nitrogens with one attached hydrogen (secondary N) is 2. The van der Waals surface area contributed by atoms with Crippen LogP contribution in [0.25, 0.3) is 11.3 Å². The number of nitrogens with zero attached hydrogens (tertiary/aromatic N) is 1. The maximum Gasteiger partial charge on any atom is 0.255 e. The lowest BCUT2D eigenvalue weighted by Crippen LogP contribution is -2.15. The topological polar surface area (TPSA) is 93.5 Å². The molecule has 2 amide bonds. The molecular weight excluding hydrogens is 456 g/mol. The minimum absolute atomic E-state index is 0.0637. The predicted octanol–water partition coefficient (Wildman–Crippen LogP) is 5.45. The highest BCUT2D eigenvalue weighted by Crippen LogP contribution is 2.29. The third kappa shape index (κ3) is 5.89. The number of hydrogen-bond donors (Lipinski definition) is 2. The number of carbonyl (C=O) groups is 2. The number of rotatable bonds is 8. The molecule has 0 fully saturated rings. The fourth-order valence-corrected chi connectivity index (χ4v) is 3.36. The Balaban J connectivity index is 1.39. The van der Waals surface area contributed by atoms with Crippen molar-refractivity contribution in [3.05, 3.63) is 96.0 Å². The van der Waals surface area contributed by atoms with Crippen molar-refractivity contribution in [2.24, 2.45) is 0 Å². The summed E-state index contributed by atoms with van der Waals surface area (Å²) in [5.41, 5.74) is 1.16. The van der Waals surface area contributed by atoms with E-state index in [0.29, 0.717) is 28.6 Å². The van der Waals surface area contributed by atoms with E-state index >= 15 is 0 Å². The predicted molar refractivity (Wildman–Crippen MR) is 126 cm³/mol. The van der Waals surface area contributed by atoms with Crippen LogP contribution in [-0.2, 0) is 11.2 Å². The van der Waals surface area contributed by atoms with E-state index in [2.05, 4.69) is 15.6 Å². The molecule has 0 saturated heterocycles. The van der Waals surface area contributed by atoms with Gasteiger partial charge in [-0.1, -0.05) is 18.2 Å². The molecule has 0 radical (unpaired) electrons. The van der Waals surface area contributed by atoms with Crippen molar-refractivity contribution in [1.82, 2.24) is 4.98 Å². The molecule has 0 aliphatic rings. The highest BCUT2D eigenvalue weighted by Gasteiger charge is 2.14. The first-order valence-corrected chi connectivity index (χ1v) is 10.7.